The van der Waals surface area contributed by atoms with E-state index in [4.69, 9.17) is 5.11 Å². The summed E-state index contributed by atoms with van der Waals surface area (Å²) in [5.74, 6) is -0.968. The zero-order valence-electron chi connectivity index (χ0n) is 4.09. The standard InChI is InChI=1S/C2H5NO2.K.H2O/c3-1-2(4)5;;/h1,3H2,(H,4,5);;1H2/q;+1;/p-1. The van der Waals surface area contributed by atoms with Gasteiger partial charge in [0.25, 0.3) is 0 Å². The van der Waals surface area contributed by atoms with Gasteiger partial charge >= 0.3 is 57.4 Å². The van der Waals surface area contributed by atoms with Crippen LogP contribution in [-0.4, -0.2) is 23.1 Å². The first-order valence-electron chi connectivity index (χ1n) is 1.19. The van der Waals surface area contributed by atoms with E-state index in [9.17, 15) is 4.79 Å². The van der Waals surface area contributed by atoms with E-state index in [0.717, 1.165) is 0 Å². The maximum absolute atomic E-state index is 9.24. The molecule has 0 aliphatic heterocycles. The van der Waals surface area contributed by atoms with Gasteiger partial charge in [-0.15, -0.1) is 0 Å². The number of aliphatic carboxylic acids is 1. The van der Waals surface area contributed by atoms with Gasteiger partial charge in [0.2, 0.25) is 0 Å². The molecule has 0 bridgehead atoms. The van der Waals surface area contributed by atoms with Gasteiger partial charge in [-0.05, 0) is 0 Å². The average Bonchev–Trinajstić information content (AvgIpc) is 1.38. The predicted octanol–water partition coefficient (Wildman–Crippen LogP) is -4.14. The smallest absolute Gasteiger partial charge is 0.870 e. The van der Waals surface area contributed by atoms with Crippen molar-refractivity contribution >= 4 is 5.97 Å². The second-order valence-electron chi connectivity index (χ2n) is 0.598. The average molecular weight is 131 g/mol. The van der Waals surface area contributed by atoms with Crippen LogP contribution in [0.5, 0.6) is 0 Å². The first kappa shape index (κ1) is 15.7. The van der Waals surface area contributed by atoms with Crippen LogP contribution in [-0.2, 0) is 4.79 Å². The summed E-state index contributed by atoms with van der Waals surface area (Å²) in [4.78, 5) is 9.24. The summed E-state index contributed by atoms with van der Waals surface area (Å²) in [6, 6.07) is 0. The summed E-state index contributed by atoms with van der Waals surface area (Å²) < 4.78 is 0. The summed E-state index contributed by atoms with van der Waals surface area (Å²) in [6.07, 6.45) is 0. The molecule has 0 aromatic rings. The van der Waals surface area contributed by atoms with Crippen LogP contribution >= 0.6 is 0 Å². The summed E-state index contributed by atoms with van der Waals surface area (Å²) in [7, 11) is 0. The van der Waals surface area contributed by atoms with Gasteiger partial charge in [-0.25, -0.2) is 0 Å². The summed E-state index contributed by atoms with van der Waals surface area (Å²) >= 11 is 0. The van der Waals surface area contributed by atoms with E-state index in [2.05, 4.69) is 5.73 Å². The zero-order valence-corrected chi connectivity index (χ0v) is 7.21. The summed E-state index contributed by atoms with van der Waals surface area (Å²) in [6.45, 7) is -0.278. The third-order valence-corrected chi connectivity index (χ3v) is 0.175. The van der Waals surface area contributed by atoms with E-state index in [-0.39, 0.29) is 63.4 Å². The molecule has 0 atom stereocenters. The van der Waals surface area contributed by atoms with Crippen LogP contribution in [0.15, 0.2) is 0 Å². The van der Waals surface area contributed by atoms with Crippen molar-refractivity contribution in [2.45, 2.75) is 0 Å². The molecule has 0 saturated carbocycles. The number of hydrogen-bond acceptors (Lipinski definition) is 3. The van der Waals surface area contributed by atoms with Gasteiger partial charge in [0, 0.05) is 0 Å². The van der Waals surface area contributed by atoms with Gasteiger partial charge in [0.15, 0.2) is 0 Å². The summed E-state index contributed by atoms with van der Waals surface area (Å²) in [5.41, 5.74) is 4.57. The van der Waals surface area contributed by atoms with Crippen LogP contribution < -0.4 is 57.1 Å². The Kier molecular flexibility index (Phi) is 22.6. The molecule has 5 heteroatoms. The molecular formula is C2H6KNO3. The van der Waals surface area contributed by atoms with E-state index in [1.165, 1.54) is 0 Å². The third kappa shape index (κ3) is 19.4. The number of carboxylic acid groups (broad SMARTS) is 1. The first-order valence-corrected chi connectivity index (χ1v) is 1.19. The van der Waals surface area contributed by atoms with Gasteiger partial charge < -0.3 is 16.3 Å². The molecule has 4 nitrogen and oxygen atoms in total. The second-order valence-corrected chi connectivity index (χ2v) is 0.598. The fraction of sp³-hybridized carbons (Fsp3) is 0.500. The van der Waals surface area contributed by atoms with Crippen molar-refractivity contribution in [3.05, 3.63) is 0 Å². The number of carboxylic acids is 1. The Labute approximate surface area is 83.8 Å². The topological polar surface area (TPSA) is 93.3 Å². The second kappa shape index (κ2) is 10.1. The molecule has 7 heavy (non-hydrogen) atoms. The molecule has 0 aromatic heterocycles. The monoisotopic (exact) mass is 131 g/mol. The van der Waals surface area contributed by atoms with E-state index in [1.54, 1.807) is 0 Å². The van der Waals surface area contributed by atoms with Crippen molar-refractivity contribution in [2.24, 2.45) is 5.73 Å². The van der Waals surface area contributed by atoms with E-state index < -0.39 is 5.97 Å². The molecule has 0 spiro atoms. The van der Waals surface area contributed by atoms with Crippen LogP contribution in [0.2, 0.25) is 0 Å². The van der Waals surface area contributed by atoms with Crippen molar-refractivity contribution in [2.75, 3.05) is 6.54 Å². The number of carbonyl (C=O) groups is 1. The Morgan fingerprint density at radius 2 is 1.86 bits per heavy atom. The van der Waals surface area contributed by atoms with Crippen molar-refractivity contribution in [1.82, 2.24) is 0 Å². The number of nitrogens with two attached hydrogens (primary N) is 1. The molecule has 0 saturated heterocycles. The minimum absolute atomic E-state index is 0. The fourth-order valence-electron chi connectivity index (χ4n) is 0. The Hall–Kier alpha value is 1.03. The van der Waals surface area contributed by atoms with Crippen LogP contribution in [0.3, 0.4) is 0 Å². The molecule has 38 valence electrons. The maximum atomic E-state index is 9.24. The Balaban J connectivity index is -0.0000000800. The van der Waals surface area contributed by atoms with Crippen molar-refractivity contribution < 1.29 is 66.8 Å². The first-order chi connectivity index (χ1) is 2.27. The van der Waals surface area contributed by atoms with Crippen LogP contribution in [0.1, 0.15) is 0 Å². The van der Waals surface area contributed by atoms with Crippen molar-refractivity contribution in [3.63, 3.8) is 0 Å². The molecule has 0 aliphatic carbocycles. The largest absolute Gasteiger partial charge is 1.00 e. The van der Waals surface area contributed by atoms with E-state index in [0.29, 0.717) is 0 Å². The van der Waals surface area contributed by atoms with Gasteiger partial charge in [0.05, 0.1) is 6.54 Å². The molecule has 0 rings (SSSR count). The van der Waals surface area contributed by atoms with Gasteiger partial charge in [-0.3, -0.25) is 4.79 Å². The van der Waals surface area contributed by atoms with E-state index >= 15 is 0 Å². The Morgan fingerprint density at radius 3 is 1.86 bits per heavy atom. The van der Waals surface area contributed by atoms with Crippen LogP contribution in [0.25, 0.3) is 0 Å². The number of hydrogen-bond donors (Lipinski definition) is 2. The zero-order chi connectivity index (χ0) is 4.28. The quantitative estimate of drug-likeness (QED) is 0.353. The summed E-state index contributed by atoms with van der Waals surface area (Å²) in [5, 5.41) is 7.60. The van der Waals surface area contributed by atoms with Gasteiger partial charge in [-0.2, -0.15) is 0 Å². The maximum Gasteiger partial charge on any atom is 1.00 e. The predicted molar refractivity (Wildman–Crippen MR) is 18.6 cm³/mol. The molecule has 0 fully saturated rings. The van der Waals surface area contributed by atoms with Crippen LogP contribution in [0, 0.1) is 0 Å². The molecule has 4 N–H and O–H groups in total. The number of rotatable bonds is 1. The molecule has 0 unspecified atom stereocenters. The van der Waals surface area contributed by atoms with Crippen molar-refractivity contribution in [3.8, 4) is 0 Å². The Morgan fingerprint density at radius 1 is 1.71 bits per heavy atom. The van der Waals surface area contributed by atoms with E-state index in [1.807, 2.05) is 0 Å². The van der Waals surface area contributed by atoms with Gasteiger partial charge in [0.1, 0.15) is 0 Å². The van der Waals surface area contributed by atoms with Gasteiger partial charge in [-0.1, -0.05) is 0 Å². The minimum Gasteiger partial charge on any atom is -0.870 e. The van der Waals surface area contributed by atoms with Crippen molar-refractivity contribution in [1.29, 1.82) is 0 Å². The normalized spacial score (nSPS) is 5.29. The molecule has 0 amide bonds. The minimum atomic E-state index is -0.968. The molecule has 0 aliphatic rings. The molecular weight excluding hydrogens is 125 g/mol. The van der Waals surface area contributed by atoms with Crippen LogP contribution in [0.4, 0.5) is 0 Å². The molecule has 0 aromatic carbocycles. The Bertz CT molecular complexity index is 48.2. The fourth-order valence-corrected chi connectivity index (χ4v) is 0. The third-order valence-electron chi connectivity index (χ3n) is 0.175. The molecule has 0 heterocycles. The SMILES string of the molecule is NCC(=O)O.[K+].[OH-]. The molecule has 0 radical (unpaired) electrons.